The van der Waals surface area contributed by atoms with Gasteiger partial charge in [-0.3, -0.25) is 0 Å². The first-order valence-corrected chi connectivity index (χ1v) is 7.96. The van der Waals surface area contributed by atoms with Crippen LogP contribution >= 0.6 is 11.3 Å². The minimum atomic E-state index is 0.237. The van der Waals surface area contributed by atoms with Crippen LogP contribution in [-0.2, 0) is 7.05 Å². The van der Waals surface area contributed by atoms with Crippen molar-refractivity contribution < 1.29 is 0 Å². The highest BCUT2D eigenvalue weighted by molar-refractivity contribution is 7.10. The van der Waals surface area contributed by atoms with Crippen molar-refractivity contribution in [2.75, 3.05) is 6.54 Å². The van der Waals surface area contributed by atoms with E-state index in [2.05, 4.69) is 39.4 Å². The van der Waals surface area contributed by atoms with Crippen LogP contribution < -0.4 is 5.32 Å². The molecule has 1 fully saturated rings. The summed E-state index contributed by atoms with van der Waals surface area (Å²) in [6, 6.07) is 4.55. The molecule has 2 aromatic heterocycles. The summed E-state index contributed by atoms with van der Waals surface area (Å²) in [6.07, 6.45) is 9.46. The highest BCUT2D eigenvalue weighted by Gasteiger charge is 2.21. The van der Waals surface area contributed by atoms with Crippen LogP contribution in [-0.4, -0.2) is 16.1 Å². The van der Waals surface area contributed by atoms with E-state index in [1.807, 2.05) is 12.4 Å². The first-order chi connectivity index (χ1) is 9.34. The third-order valence-electron chi connectivity index (χ3n) is 4.03. The lowest BCUT2D eigenvalue weighted by molar-refractivity contribution is 0.454. The number of aryl methyl sites for hydroxylation is 1. The Morgan fingerprint density at radius 1 is 1.47 bits per heavy atom. The molecule has 2 aromatic rings. The number of rotatable bonds is 5. The van der Waals surface area contributed by atoms with Crippen molar-refractivity contribution >= 4 is 11.3 Å². The highest BCUT2D eigenvalue weighted by Crippen LogP contribution is 2.28. The minimum Gasteiger partial charge on any atom is -0.336 e. The van der Waals surface area contributed by atoms with E-state index >= 15 is 0 Å². The number of aromatic nitrogens is 2. The number of imidazole rings is 1. The number of nitrogens with one attached hydrogen (secondary N) is 1. The fourth-order valence-electron chi connectivity index (χ4n) is 2.93. The molecule has 102 valence electrons. The molecule has 1 atom stereocenters. The molecular weight excluding hydrogens is 254 g/mol. The molecule has 0 amide bonds. The van der Waals surface area contributed by atoms with Crippen LogP contribution in [0.25, 0.3) is 0 Å². The third-order valence-corrected chi connectivity index (χ3v) is 4.97. The molecule has 2 heterocycles. The van der Waals surface area contributed by atoms with Crippen molar-refractivity contribution in [3.8, 4) is 0 Å². The van der Waals surface area contributed by atoms with Gasteiger partial charge in [0.05, 0.1) is 0 Å². The van der Waals surface area contributed by atoms with Gasteiger partial charge in [0.25, 0.3) is 0 Å². The Morgan fingerprint density at radius 3 is 2.95 bits per heavy atom. The van der Waals surface area contributed by atoms with E-state index in [1.165, 1.54) is 30.6 Å². The van der Waals surface area contributed by atoms with Gasteiger partial charge in [-0.1, -0.05) is 18.9 Å². The Balaban J connectivity index is 1.75. The SMILES string of the molecule is Cn1ccnc1C(NCC1CCCC1)c1cccs1. The van der Waals surface area contributed by atoms with Crippen molar-refractivity contribution in [2.24, 2.45) is 13.0 Å². The van der Waals surface area contributed by atoms with Gasteiger partial charge in [-0.2, -0.15) is 0 Å². The summed E-state index contributed by atoms with van der Waals surface area (Å²) in [5.41, 5.74) is 0. The Hall–Kier alpha value is -1.13. The molecule has 0 aromatic carbocycles. The molecule has 0 aliphatic heterocycles. The van der Waals surface area contributed by atoms with Crippen LogP contribution in [0.4, 0.5) is 0 Å². The fraction of sp³-hybridized carbons (Fsp3) is 0.533. The monoisotopic (exact) mass is 275 g/mol. The predicted molar refractivity (Wildman–Crippen MR) is 79.3 cm³/mol. The Bertz CT molecular complexity index is 497. The van der Waals surface area contributed by atoms with Crippen molar-refractivity contribution in [3.05, 3.63) is 40.6 Å². The minimum absolute atomic E-state index is 0.237. The van der Waals surface area contributed by atoms with Gasteiger partial charge in [0.2, 0.25) is 0 Å². The topological polar surface area (TPSA) is 29.9 Å². The summed E-state index contributed by atoms with van der Waals surface area (Å²) in [4.78, 5) is 5.88. The van der Waals surface area contributed by atoms with E-state index in [4.69, 9.17) is 0 Å². The summed E-state index contributed by atoms with van der Waals surface area (Å²) in [6.45, 7) is 1.11. The van der Waals surface area contributed by atoms with Crippen LogP contribution in [0.3, 0.4) is 0 Å². The van der Waals surface area contributed by atoms with Crippen molar-refractivity contribution in [2.45, 2.75) is 31.7 Å². The predicted octanol–water partition coefficient (Wildman–Crippen LogP) is 3.35. The smallest absolute Gasteiger partial charge is 0.131 e. The Morgan fingerprint density at radius 2 is 2.32 bits per heavy atom. The molecule has 1 aliphatic carbocycles. The molecule has 0 saturated heterocycles. The zero-order chi connectivity index (χ0) is 13.1. The summed E-state index contributed by atoms with van der Waals surface area (Å²) in [5.74, 6) is 1.96. The maximum absolute atomic E-state index is 4.52. The fourth-order valence-corrected chi connectivity index (χ4v) is 3.73. The number of nitrogens with zero attached hydrogens (tertiary/aromatic N) is 2. The maximum atomic E-state index is 4.52. The molecule has 4 heteroatoms. The van der Waals surface area contributed by atoms with Gasteiger partial charge in [0.1, 0.15) is 11.9 Å². The molecule has 1 N–H and O–H groups in total. The first kappa shape index (κ1) is 12.9. The van der Waals surface area contributed by atoms with Gasteiger partial charge < -0.3 is 9.88 Å². The van der Waals surface area contributed by atoms with Crippen molar-refractivity contribution in [1.82, 2.24) is 14.9 Å². The van der Waals surface area contributed by atoms with Crippen LogP contribution in [0.2, 0.25) is 0 Å². The Labute approximate surface area is 118 Å². The quantitative estimate of drug-likeness (QED) is 0.907. The van der Waals surface area contributed by atoms with Gasteiger partial charge >= 0.3 is 0 Å². The zero-order valence-corrected chi connectivity index (χ0v) is 12.2. The lowest BCUT2D eigenvalue weighted by atomic mass is 10.1. The van der Waals surface area contributed by atoms with Crippen LogP contribution in [0.5, 0.6) is 0 Å². The second kappa shape index (κ2) is 5.88. The van der Waals surface area contributed by atoms with Crippen LogP contribution in [0.1, 0.15) is 42.4 Å². The molecule has 1 aliphatic rings. The highest BCUT2D eigenvalue weighted by atomic mass is 32.1. The van der Waals surface area contributed by atoms with E-state index in [9.17, 15) is 0 Å². The molecule has 3 nitrogen and oxygen atoms in total. The van der Waals surface area contributed by atoms with E-state index in [1.54, 1.807) is 11.3 Å². The third kappa shape index (κ3) is 2.90. The Kier molecular flexibility index (Phi) is 3.99. The zero-order valence-electron chi connectivity index (χ0n) is 11.4. The lowest BCUT2D eigenvalue weighted by Crippen LogP contribution is -2.28. The molecule has 1 saturated carbocycles. The van der Waals surface area contributed by atoms with Gasteiger partial charge in [0, 0.05) is 24.3 Å². The van der Waals surface area contributed by atoms with E-state index in [-0.39, 0.29) is 6.04 Å². The maximum Gasteiger partial charge on any atom is 0.131 e. The van der Waals surface area contributed by atoms with Crippen molar-refractivity contribution in [3.63, 3.8) is 0 Å². The average molecular weight is 275 g/mol. The van der Waals surface area contributed by atoms with Gasteiger partial charge in [-0.05, 0) is 36.8 Å². The summed E-state index contributed by atoms with van der Waals surface area (Å²) in [5, 5.41) is 5.88. The number of thiophene rings is 1. The molecule has 0 radical (unpaired) electrons. The van der Waals surface area contributed by atoms with Crippen LogP contribution in [0.15, 0.2) is 29.9 Å². The standard InChI is InChI=1S/C15H21N3S/c1-18-9-8-16-15(18)14(13-7-4-10-19-13)17-11-12-5-2-3-6-12/h4,7-10,12,14,17H,2-3,5-6,11H2,1H3. The number of hydrogen-bond acceptors (Lipinski definition) is 3. The van der Waals surface area contributed by atoms with Gasteiger partial charge in [-0.15, -0.1) is 11.3 Å². The van der Waals surface area contributed by atoms with E-state index < -0.39 is 0 Å². The molecule has 0 bridgehead atoms. The second-order valence-corrected chi connectivity index (χ2v) is 6.38. The van der Waals surface area contributed by atoms with Gasteiger partial charge in [-0.25, -0.2) is 4.98 Å². The molecule has 3 rings (SSSR count). The molecule has 1 unspecified atom stereocenters. The normalized spacial score (nSPS) is 17.9. The summed E-state index contributed by atoms with van der Waals surface area (Å²) < 4.78 is 2.12. The average Bonchev–Trinajstić information content (AvgIpc) is 3.13. The molecule has 0 spiro atoms. The first-order valence-electron chi connectivity index (χ1n) is 7.08. The molecule has 19 heavy (non-hydrogen) atoms. The van der Waals surface area contributed by atoms with Crippen LogP contribution in [0, 0.1) is 5.92 Å². The molecular formula is C15H21N3S. The largest absolute Gasteiger partial charge is 0.336 e. The van der Waals surface area contributed by atoms with Gasteiger partial charge in [0.15, 0.2) is 0 Å². The van der Waals surface area contributed by atoms with E-state index in [0.717, 1.165) is 18.3 Å². The number of hydrogen-bond donors (Lipinski definition) is 1. The second-order valence-electron chi connectivity index (χ2n) is 5.40. The van der Waals surface area contributed by atoms with E-state index in [0.29, 0.717) is 0 Å². The van der Waals surface area contributed by atoms with Crippen molar-refractivity contribution in [1.29, 1.82) is 0 Å². The summed E-state index contributed by atoms with van der Waals surface area (Å²) in [7, 11) is 2.07. The lowest BCUT2D eigenvalue weighted by Gasteiger charge is -2.19. The summed E-state index contributed by atoms with van der Waals surface area (Å²) >= 11 is 1.80.